The van der Waals surface area contributed by atoms with Crippen molar-refractivity contribution in [1.29, 1.82) is 0 Å². The van der Waals surface area contributed by atoms with Crippen LogP contribution in [0.5, 0.6) is 0 Å². The Labute approximate surface area is 187 Å². The van der Waals surface area contributed by atoms with Crippen LogP contribution in [0.15, 0.2) is 80.0 Å². The summed E-state index contributed by atoms with van der Waals surface area (Å²) >= 11 is 5.79. The summed E-state index contributed by atoms with van der Waals surface area (Å²) in [6.07, 6.45) is 0. The number of nitrogens with one attached hydrogen (secondary N) is 1. The average molecular weight is 559 g/mol. The predicted octanol–water partition coefficient (Wildman–Crippen LogP) is 6.86. The van der Waals surface area contributed by atoms with Gasteiger partial charge in [0.2, 0.25) is 5.89 Å². The third-order valence-electron chi connectivity index (χ3n) is 4.45. The second-order valence-electron chi connectivity index (χ2n) is 6.43. The minimum Gasteiger partial charge on any atom is -0.451 e. The fourth-order valence-corrected chi connectivity index (χ4v) is 3.98. The summed E-state index contributed by atoms with van der Waals surface area (Å²) in [5.74, 6) is 0.464. The largest absolute Gasteiger partial charge is 0.451 e. The normalized spacial score (nSPS) is 11.2. The Morgan fingerprint density at radius 2 is 1.83 bits per heavy atom. The van der Waals surface area contributed by atoms with Gasteiger partial charge in [0.25, 0.3) is 5.91 Å². The lowest BCUT2D eigenvalue weighted by Gasteiger charge is -2.02. The number of oxazole rings is 1. The molecule has 0 saturated carbocycles. The number of halogens is 2. The van der Waals surface area contributed by atoms with Gasteiger partial charge in [-0.05, 0) is 87.1 Å². The van der Waals surface area contributed by atoms with Gasteiger partial charge in [0.1, 0.15) is 11.1 Å². The number of hydrogen-bond acceptors (Lipinski definition) is 4. The number of furan rings is 1. The molecule has 2 aromatic heterocycles. The van der Waals surface area contributed by atoms with Crippen LogP contribution in [0.25, 0.3) is 33.5 Å². The third-order valence-corrected chi connectivity index (χ3v) is 5.82. The van der Waals surface area contributed by atoms with Gasteiger partial charge in [0, 0.05) is 19.1 Å². The SMILES string of the molecule is O=C(Nc1ccc2oc(-c3cc(I)ccc3Br)nc2c1)c1cc2ccccc2o1. The highest BCUT2D eigenvalue weighted by molar-refractivity contribution is 14.1. The van der Waals surface area contributed by atoms with Gasteiger partial charge in [-0.2, -0.15) is 0 Å². The minimum atomic E-state index is -0.315. The summed E-state index contributed by atoms with van der Waals surface area (Å²) in [6, 6.07) is 20.6. The number of para-hydroxylation sites is 1. The second kappa shape index (κ2) is 7.31. The summed E-state index contributed by atoms with van der Waals surface area (Å²) in [7, 11) is 0. The Morgan fingerprint density at radius 1 is 0.966 bits per heavy atom. The maximum atomic E-state index is 12.6. The molecule has 5 aromatic rings. The molecule has 0 fully saturated rings. The Hall–Kier alpha value is -2.65. The van der Waals surface area contributed by atoms with Crippen LogP contribution in [-0.2, 0) is 0 Å². The van der Waals surface area contributed by atoms with Crippen LogP contribution in [0.2, 0.25) is 0 Å². The van der Waals surface area contributed by atoms with Gasteiger partial charge in [-0.3, -0.25) is 4.79 Å². The molecule has 2 heterocycles. The van der Waals surface area contributed by atoms with Crippen molar-refractivity contribution in [2.75, 3.05) is 5.32 Å². The number of carbonyl (C=O) groups excluding carboxylic acids is 1. The van der Waals surface area contributed by atoms with Gasteiger partial charge >= 0.3 is 0 Å². The van der Waals surface area contributed by atoms with Crippen molar-refractivity contribution in [3.8, 4) is 11.5 Å². The van der Waals surface area contributed by atoms with E-state index in [1.54, 1.807) is 24.3 Å². The molecule has 29 heavy (non-hydrogen) atoms. The highest BCUT2D eigenvalue weighted by Crippen LogP contribution is 2.32. The van der Waals surface area contributed by atoms with Crippen LogP contribution in [0.4, 0.5) is 5.69 Å². The Morgan fingerprint density at radius 3 is 2.69 bits per heavy atom. The van der Waals surface area contributed by atoms with Gasteiger partial charge in [0.15, 0.2) is 11.3 Å². The zero-order chi connectivity index (χ0) is 20.0. The van der Waals surface area contributed by atoms with Gasteiger partial charge in [-0.1, -0.05) is 18.2 Å². The van der Waals surface area contributed by atoms with E-state index in [0.717, 1.165) is 19.0 Å². The van der Waals surface area contributed by atoms with Crippen LogP contribution in [0, 0.1) is 3.57 Å². The number of benzene rings is 3. The molecule has 7 heteroatoms. The lowest BCUT2D eigenvalue weighted by atomic mass is 10.2. The molecule has 0 unspecified atom stereocenters. The van der Waals surface area contributed by atoms with E-state index in [2.05, 4.69) is 48.8 Å². The molecule has 0 aliphatic heterocycles. The topological polar surface area (TPSA) is 68.3 Å². The molecule has 142 valence electrons. The summed E-state index contributed by atoms with van der Waals surface area (Å²) in [5, 5.41) is 3.74. The second-order valence-corrected chi connectivity index (χ2v) is 8.53. The first-order valence-corrected chi connectivity index (χ1v) is 10.6. The number of anilines is 1. The highest BCUT2D eigenvalue weighted by atomic mass is 127. The first-order chi connectivity index (χ1) is 14.1. The van der Waals surface area contributed by atoms with E-state index in [-0.39, 0.29) is 11.7 Å². The van der Waals surface area contributed by atoms with Crippen molar-refractivity contribution in [3.05, 3.63) is 80.5 Å². The Kier molecular flexibility index (Phi) is 4.63. The van der Waals surface area contributed by atoms with Crippen molar-refractivity contribution >= 4 is 72.2 Å². The first kappa shape index (κ1) is 18.4. The van der Waals surface area contributed by atoms with E-state index in [0.29, 0.717) is 28.3 Å². The molecule has 0 radical (unpaired) electrons. The van der Waals surface area contributed by atoms with Crippen molar-refractivity contribution in [2.24, 2.45) is 0 Å². The molecule has 0 aliphatic rings. The quantitative estimate of drug-likeness (QED) is 0.246. The lowest BCUT2D eigenvalue weighted by Crippen LogP contribution is -2.10. The number of carbonyl (C=O) groups is 1. The van der Waals surface area contributed by atoms with Crippen LogP contribution in [0.1, 0.15) is 10.6 Å². The van der Waals surface area contributed by atoms with Gasteiger partial charge in [-0.25, -0.2) is 4.98 Å². The number of nitrogens with zero attached hydrogens (tertiary/aromatic N) is 1. The van der Waals surface area contributed by atoms with E-state index >= 15 is 0 Å². The molecule has 0 spiro atoms. The van der Waals surface area contributed by atoms with Gasteiger partial charge < -0.3 is 14.2 Å². The number of fused-ring (bicyclic) bond motifs is 2. The van der Waals surface area contributed by atoms with Crippen LogP contribution in [-0.4, -0.2) is 10.9 Å². The van der Waals surface area contributed by atoms with Crippen molar-refractivity contribution in [1.82, 2.24) is 4.98 Å². The van der Waals surface area contributed by atoms with Crippen molar-refractivity contribution < 1.29 is 13.6 Å². The zero-order valence-corrected chi connectivity index (χ0v) is 18.5. The highest BCUT2D eigenvalue weighted by Gasteiger charge is 2.15. The third kappa shape index (κ3) is 3.56. The van der Waals surface area contributed by atoms with Crippen LogP contribution >= 0.6 is 38.5 Å². The predicted molar refractivity (Wildman–Crippen MR) is 124 cm³/mol. The molecule has 0 atom stereocenters. The minimum absolute atomic E-state index is 0.259. The van der Waals surface area contributed by atoms with Gasteiger partial charge in [0.05, 0.1) is 5.56 Å². The molecule has 5 rings (SSSR count). The molecule has 5 nitrogen and oxygen atoms in total. The van der Waals surface area contributed by atoms with Gasteiger partial charge in [-0.15, -0.1) is 0 Å². The zero-order valence-electron chi connectivity index (χ0n) is 14.8. The number of hydrogen-bond donors (Lipinski definition) is 1. The van der Waals surface area contributed by atoms with E-state index < -0.39 is 0 Å². The monoisotopic (exact) mass is 558 g/mol. The molecule has 3 aromatic carbocycles. The number of aromatic nitrogens is 1. The van der Waals surface area contributed by atoms with Crippen LogP contribution < -0.4 is 5.32 Å². The standard InChI is InChI=1S/C22H12BrIN2O3/c23-16-7-5-13(24)10-15(16)22-26-17-11-14(6-8-19(17)29-22)25-21(27)20-9-12-3-1-2-4-18(12)28-20/h1-11H,(H,25,27). The van der Waals surface area contributed by atoms with E-state index in [4.69, 9.17) is 8.83 Å². The molecule has 0 aliphatic carbocycles. The molecule has 1 N–H and O–H groups in total. The summed E-state index contributed by atoms with van der Waals surface area (Å²) in [6.45, 7) is 0. The smallest absolute Gasteiger partial charge is 0.291 e. The lowest BCUT2D eigenvalue weighted by molar-refractivity contribution is 0.0998. The maximum absolute atomic E-state index is 12.6. The summed E-state index contributed by atoms with van der Waals surface area (Å²) < 4.78 is 13.5. The molecule has 0 bridgehead atoms. The number of rotatable bonds is 3. The molecular formula is C22H12BrIN2O3. The fraction of sp³-hybridized carbons (Fsp3) is 0. The Balaban J connectivity index is 1.45. The number of amides is 1. The molecule has 1 amide bonds. The van der Waals surface area contributed by atoms with E-state index in [1.165, 1.54) is 0 Å². The van der Waals surface area contributed by atoms with E-state index in [9.17, 15) is 4.79 Å². The van der Waals surface area contributed by atoms with E-state index in [1.807, 2.05) is 42.5 Å². The molecule has 0 saturated heterocycles. The fourth-order valence-electron chi connectivity index (χ4n) is 3.07. The first-order valence-electron chi connectivity index (χ1n) is 8.73. The summed E-state index contributed by atoms with van der Waals surface area (Å²) in [4.78, 5) is 17.2. The van der Waals surface area contributed by atoms with Crippen molar-refractivity contribution in [2.45, 2.75) is 0 Å². The Bertz CT molecular complexity index is 1360. The molecular weight excluding hydrogens is 547 g/mol. The van der Waals surface area contributed by atoms with Crippen LogP contribution in [0.3, 0.4) is 0 Å². The summed E-state index contributed by atoms with van der Waals surface area (Å²) in [5.41, 5.74) is 3.48. The average Bonchev–Trinajstić information content (AvgIpc) is 3.33. The maximum Gasteiger partial charge on any atom is 0.291 e. The van der Waals surface area contributed by atoms with Crippen molar-refractivity contribution in [3.63, 3.8) is 0 Å².